The topological polar surface area (TPSA) is 342 Å². The van der Waals surface area contributed by atoms with E-state index >= 15 is 0 Å². The monoisotopic (exact) mass is 1060 g/mol. The second-order valence-corrected chi connectivity index (χ2v) is 18.3. The number of fused-ring (bicyclic) bond motifs is 6. The molecule has 0 fully saturated rings. The molecule has 0 amide bonds. The molecule has 19 nitrogen and oxygen atoms in total. The summed E-state index contributed by atoms with van der Waals surface area (Å²) < 4.78 is 5.58. The van der Waals surface area contributed by atoms with Crippen molar-refractivity contribution in [3.05, 3.63) is 258 Å². The van der Waals surface area contributed by atoms with E-state index in [2.05, 4.69) is 0 Å². The second kappa shape index (κ2) is 18.8. The van der Waals surface area contributed by atoms with Crippen LogP contribution in [0.2, 0.25) is 0 Å². The zero-order chi connectivity index (χ0) is 56.6. The Hall–Kier alpha value is -11.3. The van der Waals surface area contributed by atoms with Gasteiger partial charge in [-0.15, -0.1) is 0 Å². The normalized spacial score (nSPS) is 12.9. The molecule has 0 heterocycles. The quantitative estimate of drug-likeness (QED) is 0.0372. The Morgan fingerprint density at radius 3 is 0.785 bits per heavy atom. The average Bonchev–Trinajstić information content (AvgIpc) is 3.56. The van der Waals surface area contributed by atoms with Gasteiger partial charge in [0, 0.05) is 0 Å². The van der Waals surface area contributed by atoms with Crippen molar-refractivity contribution in [2.24, 2.45) is 0 Å². The van der Waals surface area contributed by atoms with Crippen LogP contribution in [0.1, 0.15) is 148 Å². The molecule has 8 aromatic rings. The number of carboxylic acid groups (broad SMARTS) is 8. The van der Waals surface area contributed by atoms with Crippen molar-refractivity contribution < 1.29 is 93.5 Å². The van der Waals surface area contributed by atoms with Crippen molar-refractivity contribution in [3.8, 4) is 22.3 Å². The minimum Gasteiger partial charge on any atom is -0.478 e. The highest BCUT2D eigenvalue weighted by molar-refractivity contribution is 6.07. The van der Waals surface area contributed by atoms with Gasteiger partial charge in [-0.3, -0.25) is 0 Å². The number of carbonyl (C=O) groups is 10. The van der Waals surface area contributed by atoms with E-state index < -0.39 is 115 Å². The van der Waals surface area contributed by atoms with Gasteiger partial charge in [0.05, 0.1) is 66.5 Å². The maximum atomic E-state index is 14.5. The van der Waals surface area contributed by atoms with Gasteiger partial charge in [-0.05, 0) is 140 Å². The fraction of sp³-hybridized carbons (Fsp3) is 0.0333. The Kier molecular flexibility index (Phi) is 12.2. The first kappa shape index (κ1) is 51.2. The van der Waals surface area contributed by atoms with Crippen LogP contribution in [0.25, 0.3) is 22.3 Å². The fourth-order valence-corrected chi connectivity index (χ4v) is 11.2. The summed E-state index contributed by atoms with van der Waals surface area (Å²) in [5.41, 5.74) is -6.32. The summed E-state index contributed by atoms with van der Waals surface area (Å²) in [6.07, 6.45) is 0. The summed E-state index contributed by atoms with van der Waals surface area (Å²) in [6.45, 7) is 0. The van der Waals surface area contributed by atoms with Crippen LogP contribution in [0.4, 0.5) is 0 Å². The first-order valence-electron chi connectivity index (χ1n) is 23.3. The molecule has 2 aliphatic rings. The molecule has 8 aromatic carbocycles. The van der Waals surface area contributed by atoms with Gasteiger partial charge < -0.3 is 45.6 Å². The van der Waals surface area contributed by atoms with E-state index in [1.54, 1.807) is 48.5 Å². The van der Waals surface area contributed by atoms with Crippen LogP contribution >= 0.6 is 0 Å². The van der Waals surface area contributed by atoms with E-state index in [0.717, 1.165) is 48.5 Å². The number of rotatable bonds is 14. The van der Waals surface area contributed by atoms with Gasteiger partial charge in [0.15, 0.2) is 0 Å². The van der Waals surface area contributed by atoms with Crippen LogP contribution in [0.15, 0.2) is 158 Å². The van der Waals surface area contributed by atoms with E-state index in [-0.39, 0.29) is 44.5 Å². The average molecular weight is 1060 g/mol. The first-order chi connectivity index (χ1) is 37.6. The lowest BCUT2D eigenvalue weighted by Gasteiger charge is -2.34. The molecule has 8 N–H and O–H groups in total. The number of hydrogen-bond acceptors (Lipinski definition) is 11. The number of carbonyl (C=O) groups excluding carboxylic acids is 2. The zero-order valence-electron chi connectivity index (χ0n) is 40.1. The summed E-state index contributed by atoms with van der Waals surface area (Å²) >= 11 is 0. The predicted octanol–water partition coefficient (Wildman–Crippen LogP) is 9.00. The van der Waals surface area contributed by atoms with E-state index in [0.29, 0.717) is 33.4 Å². The lowest BCUT2D eigenvalue weighted by atomic mass is 9.66. The number of esters is 2. The number of benzene rings is 8. The Morgan fingerprint density at radius 2 is 0.519 bits per heavy atom. The Labute approximate surface area is 442 Å². The molecular weight excluding hydrogens is 1020 g/mol. The molecule has 2 aliphatic carbocycles. The van der Waals surface area contributed by atoms with E-state index in [9.17, 15) is 88.8 Å². The minimum atomic E-state index is -1.83. The van der Waals surface area contributed by atoms with Crippen molar-refractivity contribution in [2.45, 2.75) is 10.8 Å². The number of hydrogen-bond donors (Lipinski definition) is 8. The summed E-state index contributed by atoms with van der Waals surface area (Å²) in [4.78, 5) is 129. The molecular formula is C60H34O19. The lowest BCUT2D eigenvalue weighted by Crippen LogP contribution is -2.30. The molecule has 19 heteroatoms. The van der Waals surface area contributed by atoms with Crippen LogP contribution in [0.5, 0.6) is 0 Å². The number of ether oxygens (including phenoxy) is 1. The standard InChI is InChI=1S/C60H34O19/c61-49(62)37-17-11-29(23-41(37)53(69)70)59(30-12-18-38(50(63)64)42(24-30)54(71)72)45-7-3-1-5-33(45)35-15-9-27(21-47(35)59)57(77)79-58(78)28-10-16-36-34-6-2-4-8-46(34)60(48(36)22-28,31-13-19-39(51(65)66)43(25-31)55(73)74)32-14-20-40(52(67)68)44(26-32)56(75)76/h1-26H,(H,61,62)(H,63,64)(H,65,66)(H,67,68)(H,69,70)(H,71,72)(H,73,74)(H,75,76). The second-order valence-electron chi connectivity index (χ2n) is 18.3. The molecule has 0 radical (unpaired) electrons. The predicted molar refractivity (Wildman–Crippen MR) is 273 cm³/mol. The first-order valence-corrected chi connectivity index (χ1v) is 23.3. The highest BCUT2D eigenvalue weighted by atomic mass is 16.6. The maximum Gasteiger partial charge on any atom is 0.346 e. The third-order valence-electron chi connectivity index (χ3n) is 14.4. The summed E-state index contributed by atoms with van der Waals surface area (Å²) in [6, 6.07) is 35.2. The SMILES string of the molecule is O=C(OC(=O)c1ccc2c(c1)C(c1ccc(C(=O)O)c(C(=O)O)c1)(c1ccc(C(=O)O)c(C(=O)O)c1)c1ccccc1-2)c1ccc2c(c1)C(c1ccc(C(=O)O)c(C(=O)O)c1)(c1ccc(C(=O)O)c(C(=O)O)c1)c1ccccc1-2. The van der Waals surface area contributed by atoms with Crippen LogP contribution < -0.4 is 0 Å². The molecule has 0 saturated heterocycles. The van der Waals surface area contributed by atoms with Gasteiger partial charge >= 0.3 is 59.7 Å². The molecule has 0 bridgehead atoms. The molecule has 0 aliphatic heterocycles. The molecule has 0 spiro atoms. The summed E-state index contributed by atoms with van der Waals surface area (Å²) in [5.74, 6) is -15.4. The molecule has 0 aromatic heterocycles. The molecule has 0 atom stereocenters. The Bertz CT molecular complexity index is 3730. The minimum absolute atomic E-state index is 0.0471. The maximum absolute atomic E-state index is 14.5. The van der Waals surface area contributed by atoms with Gasteiger partial charge in [-0.25, -0.2) is 47.9 Å². The smallest absolute Gasteiger partial charge is 0.346 e. The number of carboxylic acids is 8. The zero-order valence-corrected chi connectivity index (χ0v) is 40.1. The third-order valence-corrected chi connectivity index (χ3v) is 14.4. The largest absolute Gasteiger partial charge is 0.478 e. The van der Waals surface area contributed by atoms with E-state index in [1.807, 2.05) is 0 Å². The molecule has 388 valence electrons. The highest BCUT2D eigenvalue weighted by Gasteiger charge is 2.50. The summed E-state index contributed by atoms with van der Waals surface area (Å²) in [5, 5.41) is 81.2. The highest BCUT2D eigenvalue weighted by Crippen LogP contribution is 2.58. The van der Waals surface area contributed by atoms with Crippen LogP contribution in [0.3, 0.4) is 0 Å². The van der Waals surface area contributed by atoms with Crippen molar-refractivity contribution in [2.75, 3.05) is 0 Å². The molecule has 79 heavy (non-hydrogen) atoms. The van der Waals surface area contributed by atoms with Crippen LogP contribution in [-0.2, 0) is 15.6 Å². The summed E-state index contributed by atoms with van der Waals surface area (Å²) in [7, 11) is 0. The van der Waals surface area contributed by atoms with Crippen LogP contribution in [0, 0.1) is 0 Å². The third kappa shape index (κ3) is 7.83. The van der Waals surface area contributed by atoms with Gasteiger partial charge in [-0.1, -0.05) is 84.9 Å². The molecule has 0 unspecified atom stereocenters. The van der Waals surface area contributed by atoms with E-state index in [1.165, 1.54) is 60.7 Å². The van der Waals surface area contributed by atoms with Gasteiger partial charge in [0.25, 0.3) is 0 Å². The van der Waals surface area contributed by atoms with Gasteiger partial charge in [0.1, 0.15) is 0 Å². The van der Waals surface area contributed by atoms with E-state index in [4.69, 9.17) is 4.74 Å². The van der Waals surface area contributed by atoms with Gasteiger partial charge in [-0.2, -0.15) is 0 Å². The molecule has 0 saturated carbocycles. The Morgan fingerprint density at radius 1 is 0.266 bits per heavy atom. The van der Waals surface area contributed by atoms with Crippen molar-refractivity contribution in [3.63, 3.8) is 0 Å². The molecule has 10 rings (SSSR count). The van der Waals surface area contributed by atoms with Crippen molar-refractivity contribution >= 4 is 59.7 Å². The number of aromatic carboxylic acids is 8. The lowest BCUT2D eigenvalue weighted by molar-refractivity contribution is 0.0394. The van der Waals surface area contributed by atoms with Crippen molar-refractivity contribution in [1.82, 2.24) is 0 Å². The van der Waals surface area contributed by atoms with Gasteiger partial charge in [0.2, 0.25) is 0 Å². The van der Waals surface area contributed by atoms with Crippen LogP contribution in [-0.4, -0.2) is 101 Å². The Balaban J connectivity index is 1.15. The fourth-order valence-electron chi connectivity index (χ4n) is 11.2. The van der Waals surface area contributed by atoms with Crippen molar-refractivity contribution in [1.29, 1.82) is 0 Å².